The van der Waals surface area contributed by atoms with Crippen molar-refractivity contribution in [2.75, 3.05) is 19.1 Å². The van der Waals surface area contributed by atoms with Gasteiger partial charge in [-0.1, -0.05) is 25.5 Å². The van der Waals surface area contributed by atoms with Crippen LogP contribution in [0.15, 0.2) is 24.3 Å². The van der Waals surface area contributed by atoms with Crippen molar-refractivity contribution < 1.29 is 24.2 Å². The summed E-state index contributed by atoms with van der Waals surface area (Å²) in [5.41, 5.74) is -0.226. The highest BCUT2D eigenvalue weighted by molar-refractivity contribution is 7.98. The fraction of sp³-hybridized carbons (Fsp3) is 0.625. The lowest BCUT2D eigenvalue weighted by Crippen LogP contribution is -2.52. The minimum absolute atomic E-state index is 0.00133. The topological polar surface area (TPSA) is 108 Å². The van der Waals surface area contributed by atoms with Crippen molar-refractivity contribution in [3.8, 4) is 5.75 Å². The molecule has 9 heteroatoms. The first-order chi connectivity index (χ1) is 15.4. The third-order valence-corrected chi connectivity index (χ3v) is 5.52. The molecule has 3 amide bonds. The zero-order valence-electron chi connectivity index (χ0n) is 20.8. The molecule has 1 rings (SSSR count). The average molecular weight is 482 g/mol. The van der Waals surface area contributed by atoms with Gasteiger partial charge in [0.2, 0.25) is 11.8 Å². The number of phenols is 1. The number of carbonyl (C=O) groups excluding carboxylic acids is 3. The van der Waals surface area contributed by atoms with Gasteiger partial charge in [0.15, 0.2) is 0 Å². The molecule has 3 N–H and O–H groups in total. The molecule has 0 saturated heterocycles. The largest absolute Gasteiger partial charge is 0.508 e. The number of alkyl carbamates (subject to hydrolysis) is 1. The number of aromatic hydroxyl groups is 1. The summed E-state index contributed by atoms with van der Waals surface area (Å²) in [6, 6.07) is 4.39. The number of likely N-dealkylation sites (N-methyl/N-ethyl adjacent to an activating group) is 1. The number of hydrogen-bond donors (Lipinski definition) is 3. The number of nitrogens with zero attached hydrogens (tertiary/aromatic N) is 1. The Balaban J connectivity index is 3.21. The Bertz CT molecular complexity index is 797. The molecule has 33 heavy (non-hydrogen) atoms. The van der Waals surface area contributed by atoms with E-state index in [1.165, 1.54) is 24.1 Å². The molecule has 0 aliphatic rings. The maximum Gasteiger partial charge on any atom is 0.408 e. The number of ether oxygens (including phenoxy) is 1. The van der Waals surface area contributed by atoms with Crippen LogP contribution in [0.25, 0.3) is 0 Å². The van der Waals surface area contributed by atoms with Gasteiger partial charge in [-0.25, -0.2) is 4.79 Å². The molecule has 0 saturated carbocycles. The summed E-state index contributed by atoms with van der Waals surface area (Å²) in [7, 11) is 1.53. The predicted molar refractivity (Wildman–Crippen MR) is 132 cm³/mol. The van der Waals surface area contributed by atoms with Gasteiger partial charge < -0.3 is 25.4 Å². The molecule has 0 aliphatic heterocycles. The molecule has 1 aromatic rings. The first-order valence-electron chi connectivity index (χ1n) is 11.2. The van der Waals surface area contributed by atoms with Crippen LogP contribution in [-0.2, 0) is 14.3 Å². The van der Waals surface area contributed by atoms with E-state index in [4.69, 9.17) is 4.74 Å². The van der Waals surface area contributed by atoms with Gasteiger partial charge in [-0.3, -0.25) is 9.59 Å². The Hall–Kier alpha value is -2.42. The summed E-state index contributed by atoms with van der Waals surface area (Å²) < 4.78 is 5.33. The molecule has 0 spiro atoms. The van der Waals surface area contributed by atoms with E-state index in [1.54, 1.807) is 44.7 Å². The van der Waals surface area contributed by atoms with E-state index in [2.05, 4.69) is 10.6 Å². The number of nitrogens with one attached hydrogen (secondary N) is 2. The second kappa shape index (κ2) is 13.3. The van der Waals surface area contributed by atoms with Gasteiger partial charge in [-0.05, 0) is 70.2 Å². The molecular weight excluding hydrogens is 442 g/mol. The van der Waals surface area contributed by atoms with Crippen LogP contribution < -0.4 is 10.6 Å². The van der Waals surface area contributed by atoms with Crippen LogP contribution in [0.2, 0.25) is 0 Å². The van der Waals surface area contributed by atoms with Crippen molar-refractivity contribution >= 4 is 29.7 Å². The number of phenolic OH excluding ortho intramolecular Hbond substituents is 1. The van der Waals surface area contributed by atoms with Gasteiger partial charge >= 0.3 is 6.09 Å². The van der Waals surface area contributed by atoms with E-state index in [1.807, 2.05) is 20.1 Å². The van der Waals surface area contributed by atoms with Crippen LogP contribution in [-0.4, -0.2) is 64.7 Å². The minimum atomic E-state index is -0.971. The van der Waals surface area contributed by atoms with E-state index in [9.17, 15) is 19.5 Å². The Morgan fingerprint density at radius 1 is 1.18 bits per heavy atom. The third kappa shape index (κ3) is 9.94. The fourth-order valence-electron chi connectivity index (χ4n) is 3.39. The van der Waals surface area contributed by atoms with E-state index in [0.29, 0.717) is 17.7 Å². The van der Waals surface area contributed by atoms with Crippen molar-refractivity contribution in [2.45, 2.75) is 77.6 Å². The smallest absolute Gasteiger partial charge is 0.408 e. The molecule has 8 nitrogen and oxygen atoms in total. The Morgan fingerprint density at radius 3 is 2.39 bits per heavy atom. The highest BCUT2D eigenvalue weighted by atomic mass is 32.2. The van der Waals surface area contributed by atoms with Crippen molar-refractivity contribution in [3.05, 3.63) is 29.8 Å². The van der Waals surface area contributed by atoms with E-state index in [0.717, 1.165) is 12.8 Å². The normalized spacial score (nSPS) is 14.0. The number of rotatable bonds is 11. The van der Waals surface area contributed by atoms with Gasteiger partial charge in [0.1, 0.15) is 23.4 Å². The number of benzene rings is 1. The molecule has 0 heterocycles. The van der Waals surface area contributed by atoms with Crippen LogP contribution in [0.1, 0.15) is 65.5 Å². The summed E-state index contributed by atoms with van der Waals surface area (Å²) >= 11 is 1.55. The summed E-state index contributed by atoms with van der Waals surface area (Å²) in [6.45, 7) is 9.18. The van der Waals surface area contributed by atoms with Crippen LogP contribution in [0.5, 0.6) is 5.75 Å². The first kappa shape index (κ1) is 28.6. The number of thioether (sulfide) groups is 1. The van der Waals surface area contributed by atoms with Crippen molar-refractivity contribution in [1.29, 1.82) is 0 Å². The monoisotopic (exact) mass is 481 g/mol. The van der Waals surface area contributed by atoms with Gasteiger partial charge in [-0.15, -0.1) is 0 Å². The van der Waals surface area contributed by atoms with Crippen LogP contribution >= 0.6 is 11.8 Å². The molecular formula is C24H39N3O5S. The standard InChI is InChI=1S/C24H39N3O5S/c1-8-10-16(2)25-21(29)20(17-11-9-12-18(28)15-17)27(6)22(30)19(13-14-33-7)26-23(31)32-24(3,4)5/h9,11-12,15-16,19-20,28H,8,10,13-14H2,1-7H3,(H,25,29)(H,26,31). The molecule has 0 aliphatic carbocycles. The Kier molecular flexibility index (Phi) is 11.6. The Morgan fingerprint density at radius 2 is 1.85 bits per heavy atom. The number of hydrogen-bond acceptors (Lipinski definition) is 6. The van der Waals surface area contributed by atoms with Crippen LogP contribution in [0.4, 0.5) is 4.79 Å². The summed E-state index contributed by atoms with van der Waals surface area (Å²) in [6.07, 6.45) is 3.31. The number of carbonyl (C=O) groups is 3. The maximum absolute atomic E-state index is 13.5. The van der Waals surface area contributed by atoms with E-state index >= 15 is 0 Å². The molecule has 1 aromatic carbocycles. The summed E-state index contributed by atoms with van der Waals surface area (Å²) in [5.74, 6) is -0.130. The van der Waals surface area contributed by atoms with E-state index < -0.39 is 29.7 Å². The number of amides is 3. The SMILES string of the molecule is CCCC(C)NC(=O)C(c1cccc(O)c1)N(C)C(=O)C(CCSC)NC(=O)OC(C)(C)C. The second-order valence-electron chi connectivity index (χ2n) is 9.13. The summed E-state index contributed by atoms with van der Waals surface area (Å²) in [4.78, 5) is 40.4. The van der Waals surface area contributed by atoms with E-state index in [-0.39, 0.29) is 17.7 Å². The van der Waals surface area contributed by atoms with Crippen molar-refractivity contribution in [3.63, 3.8) is 0 Å². The quantitative estimate of drug-likeness (QED) is 0.443. The fourth-order valence-corrected chi connectivity index (χ4v) is 3.86. The highest BCUT2D eigenvalue weighted by Gasteiger charge is 2.34. The molecule has 186 valence electrons. The minimum Gasteiger partial charge on any atom is -0.508 e. The third-order valence-electron chi connectivity index (χ3n) is 4.88. The molecule has 3 atom stereocenters. The van der Waals surface area contributed by atoms with Gasteiger partial charge in [0, 0.05) is 13.1 Å². The molecule has 0 aromatic heterocycles. The van der Waals surface area contributed by atoms with Crippen molar-refractivity contribution in [1.82, 2.24) is 15.5 Å². The molecule has 0 bridgehead atoms. The zero-order valence-corrected chi connectivity index (χ0v) is 21.6. The highest BCUT2D eigenvalue weighted by Crippen LogP contribution is 2.25. The lowest BCUT2D eigenvalue weighted by atomic mass is 10.0. The molecule has 3 unspecified atom stereocenters. The second-order valence-corrected chi connectivity index (χ2v) is 10.1. The molecule has 0 radical (unpaired) electrons. The van der Waals surface area contributed by atoms with Gasteiger partial charge in [-0.2, -0.15) is 11.8 Å². The van der Waals surface area contributed by atoms with Crippen LogP contribution in [0.3, 0.4) is 0 Å². The van der Waals surface area contributed by atoms with Gasteiger partial charge in [0.25, 0.3) is 0 Å². The lowest BCUT2D eigenvalue weighted by molar-refractivity contribution is -0.141. The van der Waals surface area contributed by atoms with Gasteiger partial charge in [0.05, 0.1) is 0 Å². The molecule has 0 fully saturated rings. The summed E-state index contributed by atoms with van der Waals surface area (Å²) in [5, 5.41) is 15.6. The maximum atomic E-state index is 13.5. The average Bonchev–Trinajstić information content (AvgIpc) is 2.69. The van der Waals surface area contributed by atoms with Crippen LogP contribution in [0, 0.1) is 0 Å². The van der Waals surface area contributed by atoms with Crippen molar-refractivity contribution in [2.24, 2.45) is 0 Å². The predicted octanol–water partition coefficient (Wildman–Crippen LogP) is 3.84. The lowest BCUT2D eigenvalue weighted by Gasteiger charge is -2.32. The first-order valence-corrected chi connectivity index (χ1v) is 12.6. The Labute approximate surface area is 201 Å². The zero-order chi connectivity index (χ0) is 25.2.